The lowest BCUT2D eigenvalue weighted by Crippen LogP contribution is -2.29. The third-order valence-electron chi connectivity index (χ3n) is 4.08. The maximum absolute atomic E-state index is 14.2. The summed E-state index contributed by atoms with van der Waals surface area (Å²) >= 11 is 12.0. The van der Waals surface area contributed by atoms with E-state index in [1.54, 1.807) is 18.2 Å². The summed E-state index contributed by atoms with van der Waals surface area (Å²) in [6.45, 7) is 0.681. The minimum absolute atomic E-state index is 0.0137. The van der Waals surface area contributed by atoms with Crippen LogP contribution in [0.1, 0.15) is 23.2 Å². The molecule has 1 fully saturated rings. The molecule has 138 valence electrons. The van der Waals surface area contributed by atoms with E-state index in [0.717, 1.165) is 25.0 Å². The molecule has 1 aliphatic rings. The van der Waals surface area contributed by atoms with Crippen LogP contribution in [-0.2, 0) is 10.0 Å². The van der Waals surface area contributed by atoms with Crippen molar-refractivity contribution in [1.82, 2.24) is 4.31 Å². The number of para-hydroxylation sites is 1. The van der Waals surface area contributed by atoms with E-state index in [2.05, 4.69) is 5.32 Å². The third-order valence-corrected chi connectivity index (χ3v) is 6.62. The molecule has 2 aromatic rings. The lowest BCUT2D eigenvalue weighted by molar-refractivity contribution is 0.102. The minimum atomic E-state index is -3.99. The Morgan fingerprint density at radius 3 is 2.31 bits per heavy atom. The molecule has 2 aromatic carbocycles. The molecule has 5 nitrogen and oxygen atoms in total. The van der Waals surface area contributed by atoms with Gasteiger partial charge >= 0.3 is 0 Å². The number of halogens is 3. The standard InChI is InChI=1S/C17H15Cl2FN2O3S/c18-12-4-3-5-13(19)16(12)21-17(23)11-6-7-14(20)15(10-11)26(24,25)22-8-1-2-9-22/h3-7,10H,1-2,8-9H2,(H,21,23). The van der Waals surface area contributed by atoms with Crippen molar-refractivity contribution in [3.05, 3.63) is 57.8 Å². The first-order valence-corrected chi connectivity index (χ1v) is 10.1. The van der Waals surface area contributed by atoms with Crippen molar-refractivity contribution in [2.24, 2.45) is 0 Å². The van der Waals surface area contributed by atoms with E-state index in [1.807, 2.05) is 0 Å². The Balaban J connectivity index is 1.93. The van der Waals surface area contributed by atoms with Gasteiger partial charge in [0.25, 0.3) is 5.91 Å². The number of amides is 1. The molecule has 0 radical (unpaired) electrons. The second-order valence-electron chi connectivity index (χ2n) is 5.81. The van der Waals surface area contributed by atoms with Crippen LogP contribution in [0.5, 0.6) is 0 Å². The van der Waals surface area contributed by atoms with Crippen LogP contribution in [0.25, 0.3) is 0 Å². The highest BCUT2D eigenvalue weighted by molar-refractivity contribution is 7.89. The lowest BCUT2D eigenvalue weighted by atomic mass is 10.2. The first-order valence-electron chi connectivity index (χ1n) is 7.86. The van der Waals surface area contributed by atoms with Crippen molar-refractivity contribution in [3.8, 4) is 0 Å². The van der Waals surface area contributed by atoms with E-state index in [0.29, 0.717) is 13.1 Å². The van der Waals surface area contributed by atoms with Crippen molar-refractivity contribution in [2.75, 3.05) is 18.4 Å². The molecule has 0 aromatic heterocycles. The number of nitrogens with one attached hydrogen (secondary N) is 1. The van der Waals surface area contributed by atoms with Gasteiger partial charge in [0.15, 0.2) is 0 Å². The average Bonchev–Trinajstić information content (AvgIpc) is 3.14. The molecular weight excluding hydrogens is 402 g/mol. The molecule has 0 bridgehead atoms. The summed E-state index contributed by atoms with van der Waals surface area (Å²) in [5.74, 6) is -1.54. The van der Waals surface area contributed by atoms with Crippen molar-refractivity contribution in [2.45, 2.75) is 17.7 Å². The van der Waals surface area contributed by atoms with Crippen LogP contribution in [-0.4, -0.2) is 31.7 Å². The first kappa shape index (κ1) is 19.1. The van der Waals surface area contributed by atoms with Gasteiger partial charge in [0.1, 0.15) is 10.7 Å². The Labute approximate surface area is 160 Å². The zero-order chi connectivity index (χ0) is 18.9. The van der Waals surface area contributed by atoms with E-state index in [1.165, 1.54) is 10.4 Å². The van der Waals surface area contributed by atoms with E-state index in [9.17, 15) is 17.6 Å². The van der Waals surface area contributed by atoms with Gasteiger partial charge in [0.2, 0.25) is 10.0 Å². The Morgan fingerprint density at radius 2 is 1.69 bits per heavy atom. The molecule has 0 aliphatic carbocycles. The van der Waals surface area contributed by atoms with Crippen LogP contribution in [0.4, 0.5) is 10.1 Å². The summed E-state index contributed by atoms with van der Waals surface area (Å²) in [6, 6.07) is 7.93. The average molecular weight is 417 g/mol. The number of hydrogen-bond donors (Lipinski definition) is 1. The maximum atomic E-state index is 14.2. The van der Waals surface area contributed by atoms with Crippen LogP contribution in [0.15, 0.2) is 41.3 Å². The third kappa shape index (κ3) is 3.71. The molecule has 1 saturated heterocycles. The zero-order valence-corrected chi connectivity index (χ0v) is 15.8. The molecule has 1 heterocycles. The highest BCUT2D eigenvalue weighted by atomic mass is 35.5. The number of anilines is 1. The van der Waals surface area contributed by atoms with Crippen molar-refractivity contribution >= 4 is 44.8 Å². The highest BCUT2D eigenvalue weighted by Gasteiger charge is 2.30. The predicted molar refractivity (Wildman–Crippen MR) is 98.8 cm³/mol. The monoisotopic (exact) mass is 416 g/mol. The second-order valence-corrected chi connectivity index (χ2v) is 8.53. The van der Waals surface area contributed by atoms with E-state index < -0.39 is 26.6 Å². The summed E-state index contributed by atoms with van der Waals surface area (Å²) < 4.78 is 40.6. The topological polar surface area (TPSA) is 66.5 Å². The predicted octanol–water partition coefficient (Wildman–Crippen LogP) is 4.17. The summed E-state index contributed by atoms with van der Waals surface area (Å²) in [7, 11) is -3.99. The normalized spacial score (nSPS) is 15.2. The highest BCUT2D eigenvalue weighted by Crippen LogP contribution is 2.31. The Kier molecular flexibility index (Phi) is 5.53. The summed E-state index contributed by atoms with van der Waals surface area (Å²) in [5, 5.41) is 3.00. The van der Waals surface area contributed by atoms with Gasteiger partial charge in [0, 0.05) is 18.7 Å². The molecule has 1 N–H and O–H groups in total. The van der Waals surface area contributed by atoms with Gasteiger partial charge in [-0.25, -0.2) is 12.8 Å². The van der Waals surface area contributed by atoms with Crippen molar-refractivity contribution in [3.63, 3.8) is 0 Å². The van der Waals surface area contributed by atoms with Crippen LogP contribution in [0.2, 0.25) is 10.0 Å². The van der Waals surface area contributed by atoms with Gasteiger partial charge in [-0.05, 0) is 43.2 Å². The van der Waals surface area contributed by atoms with Gasteiger partial charge in [-0.3, -0.25) is 4.79 Å². The van der Waals surface area contributed by atoms with E-state index >= 15 is 0 Å². The van der Waals surface area contributed by atoms with Gasteiger partial charge in [-0.15, -0.1) is 0 Å². The molecule has 0 unspecified atom stereocenters. The maximum Gasteiger partial charge on any atom is 0.255 e. The molecule has 9 heteroatoms. The SMILES string of the molecule is O=C(Nc1c(Cl)cccc1Cl)c1ccc(F)c(S(=O)(=O)N2CCCC2)c1. The van der Waals surface area contributed by atoms with Crippen LogP contribution in [0.3, 0.4) is 0 Å². The number of hydrogen-bond acceptors (Lipinski definition) is 3. The van der Waals surface area contributed by atoms with Gasteiger partial charge < -0.3 is 5.32 Å². The number of benzene rings is 2. The van der Waals surface area contributed by atoms with Gasteiger partial charge in [-0.1, -0.05) is 29.3 Å². The Bertz CT molecular complexity index is 940. The first-order chi connectivity index (χ1) is 12.3. The summed E-state index contributed by atoms with van der Waals surface area (Å²) in [6.07, 6.45) is 1.46. The number of carbonyl (C=O) groups is 1. The largest absolute Gasteiger partial charge is 0.319 e. The zero-order valence-electron chi connectivity index (χ0n) is 13.5. The van der Waals surface area contributed by atoms with E-state index in [4.69, 9.17) is 23.2 Å². The Hall–Kier alpha value is -1.67. The fourth-order valence-electron chi connectivity index (χ4n) is 2.71. The van der Waals surface area contributed by atoms with Gasteiger partial charge in [0.05, 0.1) is 15.7 Å². The van der Waals surface area contributed by atoms with E-state index in [-0.39, 0.29) is 21.3 Å². The molecular formula is C17H15Cl2FN2O3S. The summed E-state index contributed by atoms with van der Waals surface area (Å²) in [5.41, 5.74) is 0.189. The molecule has 0 spiro atoms. The minimum Gasteiger partial charge on any atom is -0.319 e. The molecule has 0 saturated carbocycles. The fraction of sp³-hybridized carbons (Fsp3) is 0.235. The van der Waals surface area contributed by atoms with Crippen molar-refractivity contribution < 1.29 is 17.6 Å². The molecule has 1 aliphatic heterocycles. The lowest BCUT2D eigenvalue weighted by Gasteiger charge is -2.16. The number of sulfonamides is 1. The van der Waals surface area contributed by atoms with Crippen LogP contribution < -0.4 is 5.32 Å². The molecule has 26 heavy (non-hydrogen) atoms. The van der Waals surface area contributed by atoms with Crippen LogP contribution in [0, 0.1) is 5.82 Å². The number of rotatable bonds is 4. The fourth-order valence-corrected chi connectivity index (χ4v) is 4.81. The smallest absolute Gasteiger partial charge is 0.255 e. The number of nitrogens with zero attached hydrogens (tertiary/aromatic N) is 1. The molecule has 0 atom stereocenters. The molecule has 1 amide bonds. The number of carbonyl (C=O) groups excluding carboxylic acids is 1. The molecule has 3 rings (SSSR count). The summed E-state index contributed by atoms with van der Waals surface area (Å²) in [4.78, 5) is 12.0. The van der Waals surface area contributed by atoms with Crippen LogP contribution >= 0.6 is 23.2 Å². The second kappa shape index (κ2) is 7.52. The Morgan fingerprint density at radius 1 is 1.08 bits per heavy atom. The quantitative estimate of drug-likeness (QED) is 0.812. The van der Waals surface area contributed by atoms with Crippen molar-refractivity contribution in [1.29, 1.82) is 0 Å². The van der Waals surface area contributed by atoms with Gasteiger partial charge in [-0.2, -0.15) is 4.31 Å².